The normalized spacial score (nSPS) is 11.0. The van der Waals surface area contributed by atoms with Crippen molar-refractivity contribution < 1.29 is 4.74 Å². The summed E-state index contributed by atoms with van der Waals surface area (Å²) in [6.45, 7) is 10.00. The smallest absolute Gasteiger partial charge is 0.330 e. The molecule has 0 amide bonds. The Kier molecular flexibility index (Phi) is 5.93. The number of nitrogens with one attached hydrogen (secondary N) is 1. The highest BCUT2D eigenvalue weighted by Gasteiger charge is 2.18. The number of nitrogens with zero attached hydrogens (tertiary/aromatic N) is 1. The van der Waals surface area contributed by atoms with Crippen molar-refractivity contribution in [2.24, 2.45) is 0 Å². The van der Waals surface area contributed by atoms with E-state index in [0.29, 0.717) is 24.3 Å². The lowest BCUT2D eigenvalue weighted by molar-refractivity contribution is 0.0894. The molecule has 0 fully saturated rings. The first-order valence-electron chi connectivity index (χ1n) is 8.02. The van der Waals surface area contributed by atoms with Gasteiger partial charge >= 0.3 is 5.69 Å². The molecule has 24 heavy (non-hydrogen) atoms. The molecular formula is C19H24N2O3. The highest BCUT2D eigenvalue weighted by atomic mass is 16.5. The third kappa shape index (κ3) is 4.32. The standard InChI is InChI=1S/C19H24N2O3/c1-13(2)11-24-12-21-16(10-15-8-6-5-7-9-15)17(14(3)4)18(22)20-19(21)23/h5-9,14H,1,10-12H2,2-4H3,(H,20,22,23). The van der Waals surface area contributed by atoms with Gasteiger partial charge in [-0.05, 0) is 18.4 Å². The van der Waals surface area contributed by atoms with Crippen molar-refractivity contribution in [3.05, 3.63) is 80.1 Å². The summed E-state index contributed by atoms with van der Waals surface area (Å²) in [5, 5.41) is 0. The van der Waals surface area contributed by atoms with Crippen LogP contribution in [0, 0.1) is 0 Å². The maximum absolute atomic E-state index is 12.3. The van der Waals surface area contributed by atoms with Crippen LogP contribution < -0.4 is 11.2 Å². The Morgan fingerprint density at radius 2 is 1.92 bits per heavy atom. The van der Waals surface area contributed by atoms with E-state index in [9.17, 15) is 9.59 Å². The summed E-state index contributed by atoms with van der Waals surface area (Å²) < 4.78 is 7.06. The fourth-order valence-corrected chi connectivity index (χ4v) is 2.65. The minimum atomic E-state index is -0.447. The molecule has 1 aromatic carbocycles. The van der Waals surface area contributed by atoms with Crippen LogP contribution in [0.3, 0.4) is 0 Å². The van der Waals surface area contributed by atoms with Gasteiger partial charge in [-0.3, -0.25) is 14.3 Å². The minimum absolute atomic E-state index is 0.000419. The summed E-state index contributed by atoms with van der Waals surface area (Å²) in [5.74, 6) is 0.000419. The number of ether oxygens (including phenoxy) is 1. The number of hydrogen-bond acceptors (Lipinski definition) is 3. The number of rotatable bonds is 7. The monoisotopic (exact) mass is 328 g/mol. The van der Waals surface area contributed by atoms with E-state index in [-0.39, 0.29) is 18.2 Å². The van der Waals surface area contributed by atoms with Crippen LogP contribution in [0.25, 0.3) is 0 Å². The number of aromatic nitrogens is 2. The topological polar surface area (TPSA) is 64.1 Å². The molecule has 1 heterocycles. The summed E-state index contributed by atoms with van der Waals surface area (Å²) in [6.07, 6.45) is 0.504. The fourth-order valence-electron chi connectivity index (χ4n) is 2.65. The van der Waals surface area contributed by atoms with Crippen LogP contribution in [0.4, 0.5) is 0 Å². The molecule has 0 unspecified atom stereocenters. The molecule has 5 heteroatoms. The van der Waals surface area contributed by atoms with Crippen molar-refractivity contribution in [3.63, 3.8) is 0 Å². The van der Waals surface area contributed by atoms with Gasteiger partial charge in [0.2, 0.25) is 0 Å². The summed E-state index contributed by atoms with van der Waals surface area (Å²) in [7, 11) is 0. The quantitative estimate of drug-likeness (QED) is 0.795. The maximum atomic E-state index is 12.3. The molecule has 0 bridgehead atoms. The van der Waals surface area contributed by atoms with E-state index >= 15 is 0 Å². The zero-order valence-electron chi connectivity index (χ0n) is 14.5. The zero-order chi connectivity index (χ0) is 17.7. The Hall–Kier alpha value is -2.40. The average molecular weight is 328 g/mol. The number of hydrogen-bond donors (Lipinski definition) is 1. The Balaban J connectivity index is 2.51. The van der Waals surface area contributed by atoms with Gasteiger partial charge < -0.3 is 4.74 Å². The first kappa shape index (κ1) is 17.9. The number of H-pyrrole nitrogens is 1. The summed E-state index contributed by atoms with van der Waals surface area (Å²) >= 11 is 0. The van der Waals surface area contributed by atoms with Crippen LogP contribution in [0.2, 0.25) is 0 Å². The Bertz CT molecular complexity index is 817. The van der Waals surface area contributed by atoms with Crippen LogP contribution >= 0.6 is 0 Å². The van der Waals surface area contributed by atoms with Crippen molar-refractivity contribution >= 4 is 0 Å². The van der Waals surface area contributed by atoms with Gasteiger partial charge in [0, 0.05) is 17.7 Å². The largest absolute Gasteiger partial charge is 0.356 e. The first-order chi connectivity index (χ1) is 11.4. The van der Waals surface area contributed by atoms with Crippen molar-refractivity contribution in [2.75, 3.05) is 6.61 Å². The first-order valence-corrected chi connectivity index (χ1v) is 8.02. The highest BCUT2D eigenvalue weighted by molar-refractivity contribution is 5.28. The zero-order valence-corrected chi connectivity index (χ0v) is 14.5. The van der Waals surface area contributed by atoms with E-state index in [1.165, 1.54) is 4.57 Å². The molecule has 0 aliphatic heterocycles. The van der Waals surface area contributed by atoms with Gasteiger partial charge in [-0.25, -0.2) is 4.79 Å². The lowest BCUT2D eigenvalue weighted by Crippen LogP contribution is -2.36. The van der Waals surface area contributed by atoms with Crippen molar-refractivity contribution in [2.45, 2.75) is 39.8 Å². The van der Waals surface area contributed by atoms with Gasteiger partial charge in [0.15, 0.2) is 0 Å². The Morgan fingerprint density at radius 3 is 2.50 bits per heavy atom. The van der Waals surface area contributed by atoms with E-state index in [1.807, 2.05) is 51.1 Å². The van der Waals surface area contributed by atoms with Gasteiger partial charge in [0.1, 0.15) is 6.73 Å². The molecule has 0 saturated carbocycles. The molecule has 1 N–H and O–H groups in total. The second-order valence-electron chi connectivity index (χ2n) is 6.30. The highest BCUT2D eigenvalue weighted by Crippen LogP contribution is 2.18. The molecule has 0 spiro atoms. The van der Waals surface area contributed by atoms with Crippen molar-refractivity contribution in [3.8, 4) is 0 Å². The summed E-state index contributed by atoms with van der Waals surface area (Å²) in [6, 6.07) is 9.78. The number of aromatic amines is 1. The molecule has 0 radical (unpaired) electrons. The predicted molar refractivity (Wildman–Crippen MR) is 95.4 cm³/mol. The Morgan fingerprint density at radius 1 is 1.25 bits per heavy atom. The Labute approximate surface area is 141 Å². The molecule has 0 aliphatic carbocycles. The summed E-state index contributed by atoms with van der Waals surface area (Å²) in [4.78, 5) is 27.0. The molecule has 0 atom stereocenters. The lowest BCUT2D eigenvalue weighted by Gasteiger charge is -2.18. The molecular weight excluding hydrogens is 304 g/mol. The molecule has 0 aliphatic rings. The lowest BCUT2D eigenvalue weighted by atomic mass is 9.98. The van der Waals surface area contributed by atoms with Gasteiger partial charge in [-0.2, -0.15) is 0 Å². The predicted octanol–water partition coefficient (Wildman–Crippen LogP) is 2.80. The maximum Gasteiger partial charge on any atom is 0.330 e. The average Bonchev–Trinajstić information content (AvgIpc) is 2.50. The van der Waals surface area contributed by atoms with Crippen LogP contribution in [0.5, 0.6) is 0 Å². The van der Waals surface area contributed by atoms with Gasteiger partial charge in [0.05, 0.1) is 6.61 Å². The number of benzene rings is 1. The van der Waals surface area contributed by atoms with Gasteiger partial charge in [0.25, 0.3) is 5.56 Å². The van der Waals surface area contributed by atoms with Crippen molar-refractivity contribution in [1.29, 1.82) is 0 Å². The SMILES string of the molecule is C=C(C)COCn1c(Cc2ccccc2)c(C(C)C)c(=O)[nH]c1=O. The molecule has 128 valence electrons. The van der Waals surface area contributed by atoms with Crippen LogP contribution in [-0.2, 0) is 17.9 Å². The van der Waals surface area contributed by atoms with Crippen LogP contribution in [0.1, 0.15) is 43.5 Å². The van der Waals surface area contributed by atoms with E-state index < -0.39 is 5.69 Å². The third-order valence-corrected chi connectivity index (χ3v) is 3.71. The summed E-state index contributed by atoms with van der Waals surface area (Å²) in [5.41, 5.74) is 2.47. The van der Waals surface area contributed by atoms with Crippen molar-refractivity contribution in [1.82, 2.24) is 9.55 Å². The second-order valence-corrected chi connectivity index (χ2v) is 6.30. The fraction of sp³-hybridized carbons (Fsp3) is 0.368. The van der Waals surface area contributed by atoms with E-state index in [4.69, 9.17) is 4.74 Å². The molecule has 2 aromatic rings. The van der Waals surface area contributed by atoms with Gasteiger partial charge in [-0.15, -0.1) is 0 Å². The van der Waals surface area contributed by atoms with E-state index in [1.54, 1.807) is 0 Å². The third-order valence-electron chi connectivity index (χ3n) is 3.71. The van der Waals surface area contributed by atoms with E-state index in [2.05, 4.69) is 11.6 Å². The van der Waals surface area contributed by atoms with E-state index in [0.717, 1.165) is 11.1 Å². The molecule has 2 rings (SSSR count). The molecule has 5 nitrogen and oxygen atoms in total. The van der Waals surface area contributed by atoms with Gasteiger partial charge in [-0.1, -0.05) is 56.3 Å². The van der Waals surface area contributed by atoms with Crippen LogP contribution in [-0.4, -0.2) is 16.2 Å². The molecule has 1 aromatic heterocycles. The minimum Gasteiger partial charge on any atom is -0.356 e. The second kappa shape index (κ2) is 7.93. The van der Waals surface area contributed by atoms with Crippen LogP contribution in [0.15, 0.2) is 52.1 Å². The molecule has 0 saturated heterocycles.